The maximum Gasteiger partial charge on any atom is 0.410 e. The van der Waals surface area contributed by atoms with E-state index in [2.05, 4.69) is 0 Å². The number of benzene rings is 1. The van der Waals surface area contributed by atoms with Gasteiger partial charge in [0.2, 0.25) is 0 Å². The smallest absolute Gasteiger partial charge is 0.410 e. The fourth-order valence-corrected chi connectivity index (χ4v) is 2.76. The molecule has 0 spiro atoms. The third-order valence-corrected chi connectivity index (χ3v) is 3.93. The van der Waals surface area contributed by atoms with Crippen LogP contribution >= 0.6 is 0 Å². The zero-order valence-corrected chi connectivity index (χ0v) is 14.3. The molecule has 0 N–H and O–H groups in total. The topological polar surface area (TPSA) is 55.8 Å². The van der Waals surface area contributed by atoms with Crippen molar-refractivity contribution in [2.24, 2.45) is 0 Å². The molecule has 0 bridgehead atoms. The maximum atomic E-state index is 12.1. The van der Waals surface area contributed by atoms with Crippen LogP contribution in [0.4, 0.5) is 4.79 Å². The lowest BCUT2D eigenvalue weighted by molar-refractivity contribution is 0.0205. The highest BCUT2D eigenvalue weighted by atomic mass is 16.6. The number of rotatable bonds is 2. The van der Waals surface area contributed by atoms with Gasteiger partial charge in [-0.05, 0) is 57.2 Å². The molecule has 1 aliphatic heterocycles. The summed E-state index contributed by atoms with van der Waals surface area (Å²) < 4.78 is 10.2. The predicted octanol–water partition coefficient (Wildman–Crippen LogP) is 3.59. The van der Waals surface area contributed by atoms with Gasteiger partial charge < -0.3 is 14.4 Å². The summed E-state index contributed by atoms with van der Waals surface area (Å²) in [6, 6.07) is 7.55. The Labute approximate surface area is 137 Å². The summed E-state index contributed by atoms with van der Waals surface area (Å²) in [5.41, 5.74) is 1.22. The van der Waals surface area contributed by atoms with Crippen molar-refractivity contribution in [2.75, 3.05) is 20.2 Å². The second-order valence-corrected chi connectivity index (χ2v) is 6.86. The van der Waals surface area contributed by atoms with Gasteiger partial charge in [0, 0.05) is 13.1 Å². The van der Waals surface area contributed by atoms with Crippen LogP contribution in [-0.4, -0.2) is 42.8 Å². The standard InChI is InChI=1S/C18H25NO4/c1-18(2,3)23-17(21)19-10-8-13(9-11-19)14-6-5-7-15(12-14)16(20)22-4/h5-7,12-13H,8-11H2,1-4H3. The Morgan fingerprint density at radius 2 is 1.83 bits per heavy atom. The minimum atomic E-state index is -0.469. The molecule has 1 fully saturated rings. The SMILES string of the molecule is COC(=O)c1cccc(C2CCN(C(=O)OC(C)(C)C)CC2)c1. The first-order valence-corrected chi connectivity index (χ1v) is 7.96. The number of esters is 1. The highest BCUT2D eigenvalue weighted by Crippen LogP contribution is 2.29. The van der Waals surface area contributed by atoms with E-state index in [1.54, 1.807) is 11.0 Å². The van der Waals surface area contributed by atoms with E-state index in [1.807, 2.05) is 39.0 Å². The van der Waals surface area contributed by atoms with E-state index < -0.39 is 5.60 Å². The number of amides is 1. The molecule has 0 aliphatic carbocycles. The summed E-state index contributed by atoms with van der Waals surface area (Å²) >= 11 is 0. The Bertz CT molecular complexity index is 569. The third kappa shape index (κ3) is 4.71. The number of hydrogen-bond donors (Lipinski definition) is 0. The summed E-state index contributed by atoms with van der Waals surface area (Å²) in [6.45, 7) is 6.95. The van der Waals surface area contributed by atoms with Gasteiger partial charge in [-0.25, -0.2) is 9.59 Å². The molecule has 1 aliphatic rings. The summed E-state index contributed by atoms with van der Waals surface area (Å²) in [5, 5.41) is 0. The lowest BCUT2D eigenvalue weighted by Crippen LogP contribution is -2.41. The second-order valence-electron chi connectivity index (χ2n) is 6.86. The summed E-state index contributed by atoms with van der Waals surface area (Å²) in [5.74, 6) is 0.0244. The Morgan fingerprint density at radius 3 is 2.39 bits per heavy atom. The van der Waals surface area contributed by atoms with E-state index in [9.17, 15) is 9.59 Å². The lowest BCUT2D eigenvalue weighted by atomic mass is 9.89. The molecule has 1 amide bonds. The monoisotopic (exact) mass is 319 g/mol. The number of carbonyl (C=O) groups is 2. The van der Waals surface area contributed by atoms with Crippen molar-refractivity contribution in [3.05, 3.63) is 35.4 Å². The molecule has 0 aromatic heterocycles. The van der Waals surface area contributed by atoms with E-state index >= 15 is 0 Å². The Kier molecular flexibility index (Phi) is 5.29. The van der Waals surface area contributed by atoms with Crippen molar-refractivity contribution in [2.45, 2.75) is 45.1 Å². The average molecular weight is 319 g/mol. The molecular weight excluding hydrogens is 294 g/mol. The van der Waals surface area contributed by atoms with Crippen molar-refractivity contribution in [3.8, 4) is 0 Å². The van der Waals surface area contributed by atoms with Crippen LogP contribution in [0.25, 0.3) is 0 Å². The zero-order valence-electron chi connectivity index (χ0n) is 14.3. The van der Waals surface area contributed by atoms with Gasteiger partial charge in [-0.1, -0.05) is 12.1 Å². The highest BCUT2D eigenvalue weighted by molar-refractivity contribution is 5.89. The predicted molar refractivity (Wildman–Crippen MR) is 87.6 cm³/mol. The van der Waals surface area contributed by atoms with Gasteiger partial charge in [0.25, 0.3) is 0 Å². The van der Waals surface area contributed by atoms with Gasteiger partial charge in [-0.3, -0.25) is 0 Å². The number of hydrogen-bond acceptors (Lipinski definition) is 4. The molecule has 5 nitrogen and oxygen atoms in total. The van der Waals surface area contributed by atoms with Crippen LogP contribution in [0.15, 0.2) is 24.3 Å². The van der Waals surface area contributed by atoms with Crippen molar-refractivity contribution < 1.29 is 19.1 Å². The minimum absolute atomic E-state index is 0.251. The van der Waals surface area contributed by atoms with E-state index in [0.717, 1.165) is 18.4 Å². The van der Waals surface area contributed by atoms with E-state index in [4.69, 9.17) is 9.47 Å². The van der Waals surface area contributed by atoms with Gasteiger partial charge in [0.05, 0.1) is 12.7 Å². The number of nitrogens with zero attached hydrogens (tertiary/aromatic N) is 1. The van der Waals surface area contributed by atoms with Crippen molar-refractivity contribution >= 4 is 12.1 Å². The first-order valence-electron chi connectivity index (χ1n) is 7.96. The molecule has 5 heteroatoms. The largest absolute Gasteiger partial charge is 0.465 e. The Hall–Kier alpha value is -2.04. The molecule has 1 aromatic rings. The van der Waals surface area contributed by atoms with Crippen molar-refractivity contribution in [1.29, 1.82) is 0 Å². The number of piperidine rings is 1. The fraction of sp³-hybridized carbons (Fsp3) is 0.556. The highest BCUT2D eigenvalue weighted by Gasteiger charge is 2.27. The Morgan fingerprint density at radius 1 is 1.17 bits per heavy atom. The average Bonchev–Trinajstić information content (AvgIpc) is 2.53. The van der Waals surface area contributed by atoms with Crippen molar-refractivity contribution in [1.82, 2.24) is 4.90 Å². The molecule has 0 saturated carbocycles. The van der Waals surface area contributed by atoms with Gasteiger partial charge in [0.1, 0.15) is 5.60 Å². The van der Waals surface area contributed by atoms with Gasteiger partial charge >= 0.3 is 12.1 Å². The number of methoxy groups -OCH3 is 1. The molecular formula is C18H25NO4. The van der Waals surface area contributed by atoms with E-state index in [1.165, 1.54) is 7.11 Å². The van der Waals surface area contributed by atoms with Gasteiger partial charge in [-0.2, -0.15) is 0 Å². The zero-order chi connectivity index (χ0) is 17.0. The van der Waals surface area contributed by atoms with Crippen LogP contribution in [0.3, 0.4) is 0 Å². The van der Waals surface area contributed by atoms with Crippen LogP contribution in [-0.2, 0) is 9.47 Å². The molecule has 2 rings (SSSR count). The summed E-state index contributed by atoms with van der Waals surface area (Å²) in [4.78, 5) is 25.5. The molecule has 1 saturated heterocycles. The molecule has 0 unspecified atom stereocenters. The van der Waals surface area contributed by atoms with Crippen LogP contribution in [0.5, 0.6) is 0 Å². The number of ether oxygens (including phenoxy) is 2. The van der Waals surface area contributed by atoms with Crippen LogP contribution < -0.4 is 0 Å². The molecule has 1 aromatic carbocycles. The van der Waals surface area contributed by atoms with Gasteiger partial charge in [0.15, 0.2) is 0 Å². The lowest BCUT2D eigenvalue weighted by Gasteiger charge is -2.33. The maximum absolute atomic E-state index is 12.1. The molecule has 0 atom stereocenters. The first-order chi connectivity index (χ1) is 10.8. The summed E-state index contributed by atoms with van der Waals surface area (Å²) in [6.07, 6.45) is 1.48. The molecule has 0 radical (unpaired) electrons. The molecule has 126 valence electrons. The molecule has 1 heterocycles. The minimum Gasteiger partial charge on any atom is -0.465 e. The molecule has 23 heavy (non-hydrogen) atoms. The van der Waals surface area contributed by atoms with E-state index in [-0.39, 0.29) is 12.1 Å². The number of carbonyl (C=O) groups excluding carboxylic acids is 2. The summed E-state index contributed by atoms with van der Waals surface area (Å²) in [7, 11) is 1.38. The fourth-order valence-electron chi connectivity index (χ4n) is 2.76. The van der Waals surface area contributed by atoms with Crippen LogP contribution in [0.1, 0.15) is 55.5 Å². The van der Waals surface area contributed by atoms with Crippen LogP contribution in [0, 0.1) is 0 Å². The van der Waals surface area contributed by atoms with Crippen LogP contribution in [0.2, 0.25) is 0 Å². The third-order valence-electron chi connectivity index (χ3n) is 3.93. The normalized spacial score (nSPS) is 16.1. The van der Waals surface area contributed by atoms with Gasteiger partial charge in [-0.15, -0.1) is 0 Å². The quantitative estimate of drug-likeness (QED) is 0.782. The Balaban J connectivity index is 1.97. The first kappa shape index (κ1) is 17.3. The second kappa shape index (κ2) is 7.02. The van der Waals surface area contributed by atoms with E-state index in [0.29, 0.717) is 24.6 Å². The van der Waals surface area contributed by atoms with Crippen molar-refractivity contribution in [3.63, 3.8) is 0 Å². The number of likely N-dealkylation sites (tertiary alicyclic amines) is 1.